The molecule has 3 atom stereocenters. The molecule has 0 bridgehead atoms. The van der Waals surface area contributed by atoms with Gasteiger partial charge >= 0.3 is 12.1 Å². The molecule has 7 nitrogen and oxygen atoms in total. The fourth-order valence-electron chi connectivity index (χ4n) is 4.79. The smallest absolute Gasteiger partial charge is 0.407 e. The predicted octanol–water partition coefficient (Wildman–Crippen LogP) is 3.67. The van der Waals surface area contributed by atoms with Crippen LogP contribution in [0.15, 0.2) is 48.5 Å². The van der Waals surface area contributed by atoms with E-state index in [0.29, 0.717) is 12.8 Å². The van der Waals surface area contributed by atoms with Gasteiger partial charge in [0.05, 0.1) is 5.92 Å². The Morgan fingerprint density at radius 2 is 1.59 bits per heavy atom. The minimum atomic E-state index is -0.896. The Morgan fingerprint density at radius 3 is 2.22 bits per heavy atom. The maximum atomic E-state index is 12.5. The second-order valence-electron chi connectivity index (χ2n) is 8.54. The maximum Gasteiger partial charge on any atom is 0.407 e. The number of hydrogen-bond donors (Lipinski definition) is 3. The zero-order valence-electron chi connectivity index (χ0n) is 18.0. The minimum absolute atomic E-state index is 0.0594. The summed E-state index contributed by atoms with van der Waals surface area (Å²) in [6.45, 7) is 1.73. The summed E-state index contributed by atoms with van der Waals surface area (Å²) in [5.41, 5.74) is 4.52. The summed E-state index contributed by atoms with van der Waals surface area (Å²) in [6.07, 6.45) is 2.22. The van der Waals surface area contributed by atoms with Gasteiger partial charge in [-0.15, -0.1) is 0 Å². The Kier molecular flexibility index (Phi) is 6.44. The molecule has 2 aliphatic carbocycles. The van der Waals surface area contributed by atoms with Crippen LogP contribution in [0.3, 0.4) is 0 Å². The van der Waals surface area contributed by atoms with E-state index in [1.807, 2.05) is 36.4 Å². The van der Waals surface area contributed by atoms with Crippen molar-refractivity contribution in [3.05, 3.63) is 59.7 Å². The molecule has 4 rings (SSSR count). The summed E-state index contributed by atoms with van der Waals surface area (Å²) in [4.78, 5) is 36.4. The Balaban J connectivity index is 1.33. The molecule has 1 unspecified atom stereocenters. The van der Waals surface area contributed by atoms with Crippen LogP contribution in [-0.2, 0) is 14.3 Å². The lowest BCUT2D eigenvalue weighted by Gasteiger charge is -2.30. The molecule has 32 heavy (non-hydrogen) atoms. The number of ether oxygens (including phenoxy) is 1. The van der Waals surface area contributed by atoms with Gasteiger partial charge in [0, 0.05) is 12.0 Å². The second kappa shape index (κ2) is 9.42. The predicted molar refractivity (Wildman–Crippen MR) is 119 cm³/mol. The minimum Gasteiger partial charge on any atom is -0.481 e. The summed E-state index contributed by atoms with van der Waals surface area (Å²) in [5, 5.41) is 14.7. The standard InChI is InChI=1S/C25H28N2O5/c1-15(23(28)27-22-13-7-6-12-20(22)24(29)30)26-25(31)32-14-21-18-10-4-2-8-16(18)17-9-3-5-11-19(17)21/h2-5,8-11,15,20-22H,6-7,12-14H2,1H3,(H,26,31)(H,27,28)(H,29,30)/t15?,20-,22+/m1/s1. The molecule has 0 aliphatic heterocycles. The third-order valence-corrected chi connectivity index (χ3v) is 6.48. The number of amides is 2. The Labute approximate surface area is 187 Å². The van der Waals surface area contributed by atoms with E-state index in [1.54, 1.807) is 6.92 Å². The van der Waals surface area contributed by atoms with Gasteiger partial charge in [-0.05, 0) is 42.0 Å². The number of carbonyl (C=O) groups excluding carboxylic acids is 2. The third-order valence-electron chi connectivity index (χ3n) is 6.48. The highest BCUT2D eigenvalue weighted by Crippen LogP contribution is 2.44. The van der Waals surface area contributed by atoms with E-state index < -0.39 is 36.0 Å². The molecule has 0 saturated heterocycles. The number of benzene rings is 2. The first-order chi connectivity index (χ1) is 15.5. The van der Waals surface area contributed by atoms with E-state index in [9.17, 15) is 19.5 Å². The molecule has 0 aromatic heterocycles. The molecule has 2 aromatic rings. The molecule has 1 fully saturated rings. The Bertz CT molecular complexity index is 975. The van der Waals surface area contributed by atoms with Crippen LogP contribution in [0.1, 0.15) is 49.7 Å². The number of rotatable bonds is 6. The first-order valence-corrected chi connectivity index (χ1v) is 11.1. The lowest BCUT2D eigenvalue weighted by atomic mass is 9.84. The van der Waals surface area contributed by atoms with Crippen LogP contribution in [0.25, 0.3) is 11.1 Å². The largest absolute Gasteiger partial charge is 0.481 e. The van der Waals surface area contributed by atoms with Crippen LogP contribution < -0.4 is 10.6 Å². The van der Waals surface area contributed by atoms with Crippen molar-refractivity contribution in [2.45, 2.75) is 50.6 Å². The highest BCUT2D eigenvalue weighted by atomic mass is 16.5. The molecule has 0 radical (unpaired) electrons. The van der Waals surface area contributed by atoms with E-state index in [2.05, 4.69) is 22.8 Å². The molecule has 2 amide bonds. The summed E-state index contributed by atoms with van der Waals surface area (Å²) in [5.74, 6) is -1.95. The van der Waals surface area contributed by atoms with Crippen molar-refractivity contribution in [3.63, 3.8) is 0 Å². The molecular formula is C25H28N2O5. The van der Waals surface area contributed by atoms with Gasteiger partial charge in [0.25, 0.3) is 0 Å². The van der Waals surface area contributed by atoms with Gasteiger partial charge in [-0.2, -0.15) is 0 Å². The van der Waals surface area contributed by atoms with Crippen molar-refractivity contribution in [1.82, 2.24) is 10.6 Å². The van der Waals surface area contributed by atoms with Crippen molar-refractivity contribution < 1.29 is 24.2 Å². The molecule has 2 aromatic carbocycles. The number of fused-ring (bicyclic) bond motifs is 3. The van der Waals surface area contributed by atoms with E-state index in [1.165, 1.54) is 0 Å². The molecule has 0 heterocycles. The first-order valence-electron chi connectivity index (χ1n) is 11.1. The summed E-state index contributed by atoms with van der Waals surface area (Å²) < 4.78 is 5.49. The number of aliphatic carboxylic acids is 1. The fraction of sp³-hybridized carbons (Fsp3) is 0.400. The van der Waals surface area contributed by atoms with Gasteiger partial charge in [-0.25, -0.2) is 4.79 Å². The highest BCUT2D eigenvalue weighted by Gasteiger charge is 2.33. The molecule has 2 aliphatic rings. The summed E-state index contributed by atoms with van der Waals surface area (Å²) in [7, 11) is 0. The summed E-state index contributed by atoms with van der Waals surface area (Å²) in [6, 6.07) is 14.9. The van der Waals surface area contributed by atoms with Crippen LogP contribution in [-0.4, -0.2) is 41.8 Å². The zero-order chi connectivity index (χ0) is 22.7. The fourth-order valence-corrected chi connectivity index (χ4v) is 4.79. The van der Waals surface area contributed by atoms with Gasteiger partial charge in [0.15, 0.2) is 0 Å². The van der Waals surface area contributed by atoms with Crippen LogP contribution in [0.5, 0.6) is 0 Å². The number of carboxylic acid groups (broad SMARTS) is 1. The van der Waals surface area contributed by atoms with Gasteiger partial charge in [-0.1, -0.05) is 61.4 Å². The van der Waals surface area contributed by atoms with Crippen LogP contribution in [0.4, 0.5) is 4.79 Å². The molecule has 1 saturated carbocycles. The van der Waals surface area contributed by atoms with Gasteiger partial charge < -0.3 is 20.5 Å². The van der Waals surface area contributed by atoms with E-state index >= 15 is 0 Å². The number of alkyl carbamates (subject to hydrolysis) is 1. The average molecular weight is 437 g/mol. The molecule has 3 N–H and O–H groups in total. The molecule has 0 spiro atoms. The van der Waals surface area contributed by atoms with E-state index in [-0.39, 0.29) is 12.5 Å². The maximum absolute atomic E-state index is 12.5. The first kappa shape index (κ1) is 21.9. The topological polar surface area (TPSA) is 105 Å². The van der Waals surface area contributed by atoms with Crippen molar-refractivity contribution in [2.75, 3.05) is 6.61 Å². The monoisotopic (exact) mass is 436 g/mol. The number of carbonyl (C=O) groups is 3. The quantitative estimate of drug-likeness (QED) is 0.641. The lowest BCUT2D eigenvalue weighted by Crippen LogP contribution is -2.52. The second-order valence-corrected chi connectivity index (χ2v) is 8.54. The number of hydrogen-bond acceptors (Lipinski definition) is 4. The van der Waals surface area contributed by atoms with E-state index in [4.69, 9.17) is 4.74 Å². The number of nitrogens with one attached hydrogen (secondary N) is 2. The van der Waals surface area contributed by atoms with Crippen molar-refractivity contribution in [2.24, 2.45) is 5.92 Å². The molecule has 168 valence electrons. The van der Waals surface area contributed by atoms with Gasteiger partial charge in [0.1, 0.15) is 12.6 Å². The Morgan fingerprint density at radius 1 is 1.00 bits per heavy atom. The van der Waals surface area contributed by atoms with Crippen LogP contribution in [0.2, 0.25) is 0 Å². The Hall–Kier alpha value is -3.35. The van der Waals surface area contributed by atoms with Gasteiger partial charge in [-0.3, -0.25) is 9.59 Å². The lowest BCUT2D eigenvalue weighted by molar-refractivity contribution is -0.144. The normalized spacial score (nSPS) is 20.5. The summed E-state index contributed by atoms with van der Waals surface area (Å²) >= 11 is 0. The SMILES string of the molecule is CC(NC(=O)OCC1c2ccccc2-c2ccccc21)C(=O)N[C@H]1CCCC[C@H]1C(=O)O. The van der Waals surface area contributed by atoms with Crippen LogP contribution in [0, 0.1) is 5.92 Å². The molecule has 7 heteroatoms. The van der Waals surface area contributed by atoms with Gasteiger partial charge in [0.2, 0.25) is 5.91 Å². The molecular weight excluding hydrogens is 408 g/mol. The van der Waals surface area contributed by atoms with Crippen molar-refractivity contribution in [3.8, 4) is 11.1 Å². The third kappa shape index (κ3) is 4.47. The average Bonchev–Trinajstić information content (AvgIpc) is 3.11. The highest BCUT2D eigenvalue weighted by molar-refractivity contribution is 5.86. The van der Waals surface area contributed by atoms with E-state index in [0.717, 1.165) is 35.1 Å². The van der Waals surface area contributed by atoms with Crippen LogP contribution >= 0.6 is 0 Å². The van der Waals surface area contributed by atoms with Crippen molar-refractivity contribution in [1.29, 1.82) is 0 Å². The number of carboxylic acids is 1. The van der Waals surface area contributed by atoms with Crippen molar-refractivity contribution >= 4 is 18.0 Å². The zero-order valence-corrected chi connectivity index (χ0v) is 18.0.